The minimum Gasteiger partial charge on any atom is -0.506 e. The molecule has 6 rings (SSSR count). The smallest absolute Gasteiger partial charge is 0.411 e. The third-order valence-corrected chi connectivity index (χ3v) is 9.91. The van der Waals surface area contributed by atoms with Gasteiger partial charge in [0.05, 0.1) is 57.3 Å². The van der Waals surface area contributed by atoms with E-state index in [0.29, 0.717) is 41.0 Å². The molecule has 0 spiro atoms. The lowest BCUT2D eigenvalue weighted by molar-refractivity contribution is -0.896. The topological polar surface area (TPSA) is 162 Å². The predicted molar refractivity (Wildman–Crippen MR) is 210 cm³/mol. The Kier molecular flexibility index (Phi) is 12.0. The third kappa shape index (κ3) is 9.64. The summed E-state index contributed by atoms with van der Waals surface area (Å²) in [5, 5.41) is 30.8. The van der Waals surface area contributed by atoms with Crippen molar-refractivity contribution in [3.8, 4) is 22.6 Å². The Morgan fingerprint density at radius 3 is 2.43 bits per heavy atom. The first-order valence-electron chi connectivity index (χ1n) is 18.2. The van der Waals surface area contributed by atoms with Gasteiger partial charge in [-0.15, -0.1) is 0 Å². The Hall–Kier alpha value is -5.69. The third-order valence-electron chi connectivity index (χ3n) is 9.91. The van der Waals surface area contributed by atoms with Crippen LogP contribution >= 0.6 is 0 Å². The van der Waals surface area contributed by atoms with E-state index in [0.717, 1.165) is 52.7 Å². The highest BCUT2D eigenvalue weighted by atomic mass is 16.6. The number of fused-ring (bicyclic) bond motifs is 1. The molecule has 0 radical (unpaired) electrons. The van der Waals surface area contributed by atoms with E-state index < -0.39 is 12.2 Å². The number of anilines is 2. The van der Waals surface area contributed by atoms with Crippen LogP contribution < -0.4 is 26.2 Å². The van der Waals surface area contributed by atoms with E-state index in [1.54, 1.807) is 18.2 Å². The van der Waals surface area contributed by atoms with Gasteiger partial charge < -0.3 is 39.8 Å². The summed E-state index contributed by atoms with van der Waals surface area (Å²) < 4.78 is 12.3. The summed E-state index contributed by atoms with van der Waals surface area (Å²) in [6.07, 6.45) is 0.788. The number of methoxy groups -OCH3 is 1. The molecule has 12 nitrogen and oxygen atoms in total. The summed E-state index contributed by atoms with van der Waals surface area (Å²) in [7, 11) is 5.91. The number of H-pyrrole nitrogens is 1. The van der Waals surface area contributed by atoms with Crippen LogP contribution in [0.3, 0.4) is 0 Å². The van der Waals surface area contributed by atoms with Crippen LogP contribution in [0.2, 0.25) is 0 Å². The van der Waals surface area contributed by atoms with E-state index in [1.807, 2.05) is 60.7 Å². The molecule has 6 N–H and O–H groups in total. The highest BCUT2D eigenvalue weighted by molar-refractivity contribution is 5.93. The molecule has 282 valence electrons. The van der Waals surface area contributed by atoms with Crippen molar-refractivity contribution in [3.05, 3.63) is 118 Å². The maximum atomic E-state index is 13.1. The van der Waals surface area contributed by atoms with Crippen LogP contribution in [0.15, 0.2) is 95.8 Å². The lowest BCUT2D eigenvalue weighted by Gasteiger charge is -2.36. The number of nitrogens with one attached hydrogen (secondary N) is 4. The molecule has 1 aromatic heterocycles. The number of phenolic OH excluding ortho intramolecular Hbond substituents is 1. The monoisotopic (exact) mass is 734 g/mol. The number of piperidine rings is 1. The van der Waals surface area contributed by atoms with Gasteiger partial charge in [-0.1, -0.05) is 54.6 Å². The molecule has 0 unspecified atom stereocenters. The standard InChI is InChI=1S/C42H47N5O7/c1-47(2)21-19-30(20-22-47)54-42(52)45-35-23-27(9-12-31(35)29-7-5-4-6-8-29)11-17-39(50)44-34-15-10-28(24-38(34)53-3)25-43-26-37(49)32-13-16-36(48)41-33(32)14-18-40(51)46-41/h4-10,12-16,18,23-24,30,37,43,49H,11,17,19-22,25-26H2,1-3H3,(H3-,44,45,46,48,50,51,52)/p+1/t37-/m1/s1. The number of pyridine rings is 1. The van der Waals surface area contributed by atoms with Gasteiger partial charge in [0.15, 0.2) is 0 Å². The number of likely N-dealkylation sites (tertiary alicyclic amines) is 1. The number of aryl methyl sites for hydroxylation is 1. The molecule has 1 aliphatic heterocycles. The molecule has 0 saturated carbocycles. The summed E-state index contributed by atoms with van der Waals surface area (Å²) in [5.74, 6) is 0.237. The number of ether oxygens (including phenoxy) is 2. The minimum absolute atomic E-state index is 0.0673. The first-order chi connectivity index (χ1) is 26.0. The van der Waals surface area contributed by atoms with Gasteiger partial charge in [0, 0.05) is 49.4 Å². The Balaban J connectivity index is 1.05. The number of amides is 2. The summed E-state index contributed by atoms with van der Waals surface area (Å²) in [4.78, 5) is 40.5. The molecule has 54 heavy (non-hydrogen) atoms. The van der Waals surface area contributed by atoms with Crippen LogP contribution in [0.5, 0.6) is 11.5 Å². The van der Waals surface area contributed by atoms with Crippen molar-refractivity contribution < 1.29 is 33.8 Å². The number of rotatable bonds is 13. The summed E-state index contributed by atoms with van der Waals surface area (Å²) in [5.41, 5.74) is 5.25. The number of quaternary nitrogens is 1. The molecule has 1 fully saturated rings. The fourth-order valence-electron chi connectivity index (χ4n) is 6.80. The Morgan fingerprint density at radius 1 is 0.907 bits per heavy atom. The summed E-state index contributed by atoms with van der Waals surface area (Å²) >= 11 is 0. The molecular formula is C42H48N5O7+. The minimum atomic E-state index is -0.900. The van der Waals surface area contributed by atoms with Crippen molar-refractivity contribution in [1.29, 1.82) is 0 Å². The number of carbonyl (C=O) groups excluding carboxylic acids is 2. The van der Waals surface area contributed by atoms with Crippen LogP contribution in [0.4, 0.5) is 16.2 Å². The number of aliphatic hydroxyl groups excluding tert-OH is 1. The number of hydrogen-bond donors (Lipinski definition) is 6. The summed E-state index contributed by atoms with van der Waals surface area (Å²) in [6, 6.07) is 27.1. The Bertz CT molecular complexity index is 2160. The number of phenols is 1. The normalized spacial score (nSPS) is 14.7. The molecule has 5 aromatic rings. The number of carbonyl (C=O) groups is 2. The van der Waals surface area contributed by atoms with Crippen LogP contribution in [-0.2, 0) is 22.5 Å². The zero-order chi connectivity index (χ0) is 38.2. The second kappa shape index (κ2) is 17.0. The number of aromatic nitrogens is 1. The second-order valence-corrected chi connectivity index (χ2v) is 14.4. The van der Waals surface area contributed by atoms with Gasteiger partial charge in [-0.3, -0.25) is 14.9 Å². The summed E-state index contributed by atoms with van der Waals surface area (Å²) in [6.45, 7) is 2.53. The van der Waals surface area contributed by atoms with Gasteiger partial charge in [0.2, 0.25) is 11.5 Å². The molecule has 0 bridgehead atoms. The molecule has 1 aliphatic rings. The predicted octanol–water partition coefficient (Wildman–Crippen LogP) is 6.09. The zero-order valence-electron chi connectivity index (χ0n) is 30.9. The number of aromatic amines is 1. The van der Waals surface area contributed by atoms with Crippen molar-refractivity contribution in [1.82, 2.24) is 10.3 Å². The van der Waals surface area contributed by atoms with E-state index in [4.69, 9.17) is 9.47 Å². The zero-order valence-corrected chi connectivity index (χ0v) is 30.9. The van der Waals surface area contributed by atoms with E-state index in [9.17, 15) is 24.6 Å². The highest BCUT2D eigenvalue weighted by Gasteiger charge is 2.28. The molecule has 2 heterocycles. The molecule has 2 amide bonds. The van der Waals surface area contributed by atoms with Gasteiger partial charge in [-0.2, -0.15) is 0 Å². The van der Waals surface area contributed by atoms with Gasteiger partial charge >= 0.3 is 6.09 Å². The average molecular weight is 735 g/mol. The molecule has 12 heteroatoms. The fourth-order valence-corrected chi connectivity index (χ4v) is 6.80. The first-order valence-corrected chi connectivity index (χ1v) is 18.2. The van der Waals surface area contributed by atoms with Crippen molar-refractivity contribution >= 4 is 34.3 Å². The van der Waals surface area contributed by atoms with E-state index >= 15 is 0 Å². The molecule has 4 aromatic carbocycles. The van der Waals surface area contributed by atoms with Gasteiger partial charge in [0.25, 0.3) is 0 Å². The molecular weight excluding hydrogens is 686 g/mol. The van der Waals surface area contributed by atoms with Crippen molar-refractivity contribution in [3.63, 3.8) is 0 Å². The van der Waals surface area contributed by atoms with Crippen LogP contribution in [0.1, 0.15) is 42.1 Å². The quantitative estimate of drug-likeness (QED) is 0.0793. The van der Waals surface area contributed by atoms with E-state index in [2.05, 4.69) is 35.0 Å². The molecule has 0 aliphatic carbocycles. The lowest BCUT2D eigenvalue weighted by Crippen LogP contribution is -2.48. The first kappa shape index (κ1) is 38.0. The average Bonchev–Trinajstić information content (AvgIpc) is 3.16. The van der Waals surface area contributed by atoms with E-state index in [1.165, 1.54) is 19.2 Å². The number of benzene rings is 4. The molecule has 1 saturated heterocycles. The van der Waals surface area contributed by atoms with Crippen molar-refractivity contribution in [2.24, 2.45) is 0 Å². The SMILES string of the molecule is COc1cc(CNC[C@@H](O)c2ccc(O)c3[nH]c(=O)ccc23)ccc1NC(=O)CCc1ccc(-c2ccccc2)c(NC(=O)OC2CC[N+](C)(C)CC2)c1. The largest absolute Gasteiger partial charge is 0.506 e. The number of hydrogen-bond acceptors (Lipinski definition) is 8. The Labute approximate surface area is 314 Å². The maximum absolute atomic E-state index is 13.1. The van der Waals surface area contributed by atoms with Crippen LogP contribution in [-0.4, -0.2) is 78.6 Å². The van der Waals surface area contributed by atoms with Crippen LogP contribution in [0, 0.1) is 0 Å². The van der Waals surface area contributed by atoms with Gasteiger partial charge in [-0.25, -0.2) is 4.79 Å². The fraction of sp³-hybridized carbons (Fsp3) is 0.310. The number of aromatic hydroxyl groups is 1. The van der Waals surface area contributed by atoms with Crippen molar-refractivity contribution in [2.45, 2.75) is 44.4 Å². The van der Waals surface area contributed by atoms with E-state index in [-0.39, 0.29) is 41.8 Å². The number of aliphatic hydroxyl groups is 1. The van der Waals surface area contributed by atoms with Crippen LogP contribution in [0.25, 0.3) is 22.0 Å². The maximum Gasteiger partial charge on any atom is 0.411 e. The number of nitrogens with zero attached hydrogens (tertiary/aromatic N) is 1. The second-order valence-electron chi connectivity index (χ2n) is 14.4. The Morgan fingerprint density at radius 2 is 1.67 bits per heavy atom. The van der Waals surface area contributed by atoms with Gasteiger partial charge in [0.1, 0.15) is 17.6 Å². The van der Waals surface area contributed by atoms with Gasteiger partial charge in [-0.05, 0) is 59.0 Å². The molecule has 1 atom stereocenters. The lowest BCUT2D eigenvalue weighted by atomic mass is 9.99. The highest BCUT2D eigenvalue weighted by Crippen LogP contribution is 2.32. The van der Waals surface area contributed by atoms with Crippen molar-refractivity contribution in [2.75, 3.05) is 51.5 Å².